The molecule has 1 aromatic heterocycles. The zero-order valence-corrected chi connectivity index (χ0v) is 7.94. The summed E-state index contributed by atoms with van der Waals surface area (Å²) in [7, 11) is 0. The van der Waals surface area contributed by atoms with E-state index in [0.29, 0.717) is 5.56 Å². The van der Waals surface area contributed by atoms with Gasteiger partial charge in [-0.05, 0) is 5.56 Å². The van der Waals surface area contributed by atoms with Gasteiger partial charge in [0.05, 0.1) is 4.92 Å². The van der Waals surface area contributed by atoms with Crippen LogP contribution in [0.1, 0.15) is 17.5 Å². The van der Waals surface area contributed by atoms with Gasteiger partial charge in [0.1, 0.15) is 6.10 Å². The largest absolute Gasteiger partial charge is 0.380 e. The highest BCUT2D eigenvalue weighted by Gasteiger charge is 2.17. The molecule has 0 bridgehead atoms. The van der Waals surface area contributed by atoms with Gasteiger partial charge in [-0.15, -0.1) is 10.2 Å². The van der Waals surface area contributed by atoms with Crippen LogP contribution >= 0.6 is 0 Å². The van der Waals surface area contributed by atoms with E-state index in [1.165, 1.54) is 18.2 Å². The Hall–Kier alpha value is -2.35. The Morgan fingerprint density at radius 2 is 2.31 bits per heavy atom. The number of aliphatic hydroxyl groups is 1. The zero-order valence-electron chi connectivity index (χ0n) is 7.94. The van der Waals surface area contributed by atoms with Crippen LogP contribution in [-0.2, 0) is 0 Å². The highest BCUT2D eigenvalue weighted by Crippen LogP contribution is 2.21. The lowest BCUT2D eigenvalue weighted by Gasteiger charge is -2.05. The van der Waals surface area contributed by atoms with Crippen molar-refractivity contribution in [1.29, 1.82) is 0 Å². The first kappa shape index (κ1) is 10.2. The Labute approximate surface area is 89.1 Å². The van der Waals surface area contributed by atoms with E-state index < -0.39 is 11.0 Å². The number of nitrogens with one attached hydrogen (secondary N) is 1. The predicted molar refractivity (Wildman–Crippen MR) is 51.3 cm³/mol. The third-order valence-corrected chi connectivity index (χ3v) is 2.00. The molecule has 0 radical (unpaired) electrons. The van der Waals surface area contributed by atoms with Crippen LogP contribution in [0.3, 0.4) is 0 Å². The van der Waals surface area contributed by atoms with Crippen LogP contribution in [0.2, 0.25) is 0 Å². The number of aliphatic hydroxyl groups excluding tert-OH is 1. The number of non-ortho nitro benzene ring substituents is 1. The second kappa shape index (κ2) is 4.03. The minimum Gasteiger partial charge on any atom is -0.380 e. The minimum absolute atomic E-state index is 0.0699. The molecular weight excluding hydrogens is 214 g/mol. The predicted octanol–water partition coefficient (Wildman–Crippen LogP) is 0.190. The van der Waals surface area contributed by atoms with Crippen LogP contribution < -0.4 is 0 Å². The second-order valence-corrected chi connectivity index (χ2v) is 3.02. The summed E-state index contributed by atoms with van der Waals surface area (Å²) in [6, 6.07) is 5.64. The summed E-state index contributed by atoms with van der Waals surface area (Å²) >= 11 is 0. The van der Waals surface area contributed by atoms with E-state index in [2.05, 4.69) is 20.6 Å². The van der Waals surface area contributed by atoms with Crippen LogP contribution in [0.5, 0.6) is 0 Å². The Morgan fingerprint density at radius 1 is 1.50 bits per heavy atom. The van der Waals surface area contributed by atoms with Gasteiger partial charge in [0.15, 0.2) is 0 Å². The summed E-state index contributed by atoms with van der Waals surface area (Å²) in [5.74, 6) is 0.0699. The Balaban J connectivity index is 2.34. The van der Waals surface area contributed by atoms with Gasteiger partial charge in [-0.2, -0.15) is 5.21 Å². The molecule has 2 rings (SSSR count). The fourth-order valence-electron chi connectivity index (χ4n) is 1.24. The lowest BCUT2D eigenvalue weighted by molar-refractivity contribution is -0.385. The average molecular weight is 221 g/mol. The number of nitro groups is 1. The normalized spacial score (nSPS) is 12.3. The highest BCUT2D eigenvalue weighted by molar-refractivity contribution is 5.36. The van der Waals surface area contributed by atoms with Crippen LogP contribution in [0.4, 0.5) is 5.69 Å². The number of hydrogen-bond acceptors (Lipinski definition) is 6. The van der Waals surface area contributed by atoms with E-state index in [1.54, 1.807) is 6.07 Å². The van der Waals surface area contributed by atoms with Gasteiger partial charge in [0.2, 0.25) is 5.82 Å². The molecule has 82 valence electrons. The van der Waals surface area contributed by atoms with Crippen LogP contribution in [0.15, 0.2) is 24.3 Å². The quantitative estimate of drug-likeness (QED) is 0.564. The SMILES string of the molecule is O=[N+]([O-])c1cccc(C(O)c2nn[nH]n2)c1. The number of tetrazole rings is 1. The number of rotatable bonds is 3. The number of H-pyrrole nitrogens is 1. The molecule has 2 aromatic rings. The Morgan fingerprint density at radius 3 is 2.94 bits per heavy atom. The molecule has 1 aromatic carbocycles. The van der Waals surface area contributed by atoms with Crippen molar-refractivity contribution in [3.63, 3.8) is 0 Å². The van der Waals surface area contributed by atoms with Gasteiger partial charge < -0.3 is 5.11 Å². The minimum atomic E-state index is -1.13. The Kier molecular flexibility index (Phi) is 2.56. The second-order valence-electron chi connectivity index (χ2n) is 3.02. The average Bonchev–Trinajstić information content (AvgIpc) is 2.81. The van der Waals surface area contributed by atoms with Crippen molar-refractivity contribution in [1.82, 2.24) is 20.6 Å². The molecule has 1 unspecified atom stereocenters. The summed E-state index contributed by atoms with van der Waals surface area (Å²) in [4.78, 5) is 10.0. The zero-order chi connectivity index (χ0) is 11.5. The van der Waals surface area contributed by atoms with Crippen LogP contribution in [0, 0.1) is 10.1 Å². The van der Waals surface area contributed by atoms with Gasteiger partial charge in [-0.25, -0.2) is 0 Å². The molecule has 16 heavy (non-hydrogen) atoms. The van der Waals surface area contributed by atoms with Crippen molar-refractivity contribution < 1.29 is 10.0 Å². The van der Waals surface area contributed by atoms with Crippen molar-refractivity contribution >= 4 is 5.69 Å². The first-order valence-corrected chi connectivity index (χ1v) is 4.34. The molecule has 0 spiro atoms. The summed E-state index contributed by atoms with van der Waals surface area (Å²) < 4.78 is 0. The topological polar surface area (TPSA) is 118 Å². The summed E-state index contributed by atoms with van der Waals surface area (Å²) in [6.07, 6.45) is -1.13. The number of hydrogen-bond donors (Lipinski definition) is 2. The maximum atomic E-state index is 10.5. The number of benzene rings is 1. The third-order valence-electron chi connectivity index (χ3n) is 2.00. The van der Waals surface area contributed by atoms with Gasteiger partial charge in [0.25, 0.3) is 5.69 Å². The highest BCUT2D eigenvalue weighted by atomic mass is 16.6. The molecule has 0 saturated carbocycles. The van der Waals surface area contributed by atoms with Gasteiger partial charge >= 0.3 is 0 Å². The smallest absolute Gasteiger partial charge is 0.269 e. The van der Waals surface area contributed by atoms with Crippen molar-refractivity contribution in [3.8, 4) is 0 Å². The summed E-state index contributed by atoms with van der Waals surface area (Å²) in [6.45, 7) is 0. The molecule has 2 N–H and O–H groups in total. The molecule has 0 aliphatic heterocycles. The van der Waals surface area contributed by atoms with E-state index >= 15 is 0 Å². The first-order valence-electron chi connectivity index (χ1n) is 4.34. The maximum absolute atomic E-state index is 10.5. The fraction of sp³-hybridized carbons (Fsp3) is 0.125. The molecular formula is C8H7N5O3. The molecule has 1 heterocycles. The molecule has 1 atom stereocenters. The van der Waals surface area contributed by atoms with Crippen LogP contribution in [0.25, 0.3) is 0 Å². The van der Waals surface area contributed by atoms with Crippen LogP contribution in [-0.4, -0.2) is 30.7 Å². The third kappa shape index (κ3) is 1.86. The van der Waals surface area contributed by atoms with Crippen molar-refractivity contribution in [2.45, 2.75) is 6.10 Å². The van der Waals surface area contributed by atoms with Gasteiger partial charge in [0, 0.05) is 12.1 Å². The Bertz CT molecular complexity index is 498. The van der Waals surface area contributed by atoms with E-state index in [0.717, 1.165) is 0 Å². The van der Waals surface area contributed by atoms with E-state index in [4.69, 9.17) is 0 Å². The number of nitrogens with zero attached hydrogens (tertiary/aromatic N) is 4. The summed E-state index contributed by atoms with van der Waals surface area (Å²) in [5.41, 5.74) is 0.246. The molecule has 0 amide bonds. The fourth-order valence-corrected chi connectivity index (χ4v) is 1.24. The molecule has 8 heteroatoms. The summed E-state index contributed by atoms with van der Waals surface area (Å²) in [5, 5.41) is 33.0. The van der Waals surface area contributed by atoms with E-state index in [-0.39, 0.29) is 11.5 Å². The molecule has 8 nitrogen and oxygen atoms in total. The lowest BCUT2D eigenvalue weighted by atomic mass is 10.1. The first-order chi connectivity index (χ1) is 7.68. The monoisotopic (exact) mass is 221 g/mol. The van der Waals surface area contributed by atoms with E-state index in [9.17, 15) is 15.2 Å². The van der Waals surface area contributed by atoms with Gasteiger partial charge in [-0.1, -0.05) is 17.3 Å². The number of aromatic nitrogens is 4. The molecule has 0 aliphatic rings. The molecule has 0 saturated heterocycles. The maximum Gasteiger partial charge on any atom is 0.269 e. The number of aromatic amines is 1. The standard InChI is InChI=1S/C8H7N5O3/c14-7(8-9-11-12-10-8)5-2-1-3-6(4-5)13(15)16/h1-4,7,14H,(H,9,10,11,12). The van der Waals surface area contributed by atoms with Crippen molar-refractivity contribution in [2.24, 2.45) is 0 Å². The van der Waals surface area contributed by atoms with Crippen molar-refractivity contribution in [2.75, 3.05) is 0 Å². The molecule has 0 fully saturated rings. The van der Waals surface area contributed by atoms with E-state index in [1.807, 2.05) is 0 Å². The van der Waals surface area contributed by atoms with Crippen molar-refractivity contribution in [3.05, 3.63) is 45.8 Å². The van der Waals surface area contributed by atoms with Gasteiger partial charge in [-0.3, -0.25) is 10.1 Å². The molecule has 0 aliphatic carbocycles. The lowest BCUT2D eigenvalue weighted by Crippen LogP contribution is -2.02. The number of nitro benzene ring substituents is 1.